The summed E-state index contributed by atoms with van der Waals surface area (Å²) in [6.45, 7) is 5.71. The smallest absolute Gasteiger partial charge is 0.326 e. The molecule has 0 fully saturated rings. The van der Waals surface area contributed by atoms with E-state index in [-0.39, 0.29) is 31.3 Å². The van der Waals surface area contributed by atoms with Crippen LogP contribution in [0.5, 0.6) is 0 Å². The van der Waals surface area contributed by atoms with Gasteiger partial charge in [-0.1, -0.05) is 13.8 Å². The number of hydrogen-bond donors (Lipinski definition) is 10. The maximum absolute atomic E-state index is 13.1. The SMILES string of the molecule is CC(=O)O.CC(C)[C@H](N)C(=O)N[C@@H](CCCCN)C(=O)N[C@@H](CCCCN)C(=O)N[C@@H](CCCN=C(N)N)C(=O)O. The Bertz CT molecular complexity index is 832. The Morgan fingerprint density at radius 2 is 1.10 bits per heavy atom. The summed E-state index contributed by atoms with van der Waals surface area (Å²) in [5, 5.41) is 24.8. The van der Waals surface area contributed by atoms with Gasteiger partial charge in [-0.15, -0.1) is 0 Å². The molecule has 4 atom stereocenters. The molecule has 0 heterocycles. The average Bonchev–Trinajstić information content (AvgIpc) is 2.87. The third-order valence-electron chi connectivity index (χ3n) is 5.74. The number of unbranched alkanes of at least 4 members (excludes halogenated alkanes) is 2. The molecular formula is C25H51N9O7. The number of rotatable bonds is 20. The zero-order valence-corrected chi connectivity index (χ0v) is 24.4. The molecule has 0 radical (unpaired) electrons. The minimum atomic E-state index is -1.22. The predicted molar refractivity (Wildman–Crippen MR) is 155 cm³/mol. The molecule has 238 valence electrons. The van der Waals surface area contributed by atoms with E-state index in [0.29, 0.717) is 51.6 Å². The highest BCUT2D eigenvalue weighted by molar-refractivity contribution is 5.94. The van der Waals surface area contributed by atoms with Crippen LogP contribution in [0.4, 0.5) is 0 Å². The largest absolute Gasteiger partial charge is 0.481 e. The van der Waals surface area contributed by atoms with Crippen LogP contribution in [0.3, 0.4) is 0 Å². The highest BCUT2D eigenvalue weighted by atomic mass is 16.4. The van der Waals surface area contributed by atoms with Crippen LogP contribution in [0.1, 0.15) is 72.1 Å². The van der Waals surface area contributed by atoms with E-state index >= 15 is 0 Å². The van der Waals surface area contributed by atoms with E-state index in [9.17, 15) is 24.3 Å². The van der Waals surface area contributed by atoms with Crippen molar-refractivity contribution < 1.29 is 34.2 Å². The number of guanidine groups is 1. The molecule has 0 spiro atoms. The first-order chi connectivity index (χ1) is 19.2. The van der Waals surface area contributed by atoms with Gasteiger partial charge in [-0.25, -0.2) is 4.79 Å². The molecule has 0 aromatic heterocycles. The van der Waals surface area contributed by atoms with E-state index in [4.69, 9.17) is 38.6 Å². The summed E-state index contributed by atoms with van der Waals surface area (Å²) < 4.78 is 0. The highest BCUT2D eigenvalue weighted by Gasteiger charge is 2.30. The summed E-state index contributed by atoms with van der Waals surface area (Å²) in [5.41, 5.74) is 27.6. The topological polar surface area (TPSA) is 304 Å². The minimum Gasteiger partial charge on any atom is -0.481 e. The number of hydrogen-bond acceptors (Lipinski definition) is 9. The summed E-state index contributed by atoms with van der Waals surface area (Å²) in [6, 6.07) is -3.95. The van der Waals surface area contributed by atoms with E-state index in [1.165, 1.54) is 0 Å². The fourth-order valence-corrected chi connectivity index (χ4v) is 3.40. The van der Waals surface area contributed by atoms with Gasteiger partial charge in [0.2, 0.25) is 17.7 Å². The number of carboxylic acids is 2. The van der Waals surface area contributed by atoms with Crippen LogP contribution in [-0.2, 0) is 24.0 Å². The predicted octanol–water partition coefficient (Wildman–Crippen LogP) is -2.09. The Morgan fingerprint density at radius 1 is 0.707 bits per heavy atom. The number of aliphatic imine (C=N–C) groups is 1. The lowest BCUT2D eigenvalue weighted by Gasteiger charge is -2.26. The second kappa shape index (κ2) is 23.2. The molecule has 0 rings (SSSR count). The van der Waals surface area contributed by atoms with Gasteiger partial charge >= 0.3 is 5.97 Å². The lowest BCUT2D eigenvalue weighted by Crippen LogP contribution is -2.57. The molecule has 41 heavy (non-hydrogen) atoms. The monoisotopic (exact) mass is 589 g/mol. The summed E-state index contributed by atoms with van der Waals surface area (Å²) in [7, 11) is 0. The maximum Gasteiger partial charge on any atom is 0.326 e. The number of nitrogens with zero attached hydrogens (tertiary/aromatic N) is 1. The van der Waals surface area contributed by atoms with Gasteiger partial charge in [-0.2, -0.15) is 0 Å². The Morgan fingerprint density at radius 3 is 1.46 bits per heavy atom. The quantitative estimate of drug-likeness (QED) is 0.0415. The molecule has 0 saturated heterocycles. The molecule has 0 unspecified atom stereocenters. The summed E-state index contributed by atoms with van der Waals surface area (Å²) in [4.78, 5) is 63.2. The van der Waals surface area contributed by atoms with E-state index < -0.39 is 53.8 Å². The van der Waals surface area contributed by atoms with Crippen molar-refractivity contribution >= 4 is 35.6 Å². The third kappa shape index (κ3) is 21.0. The van der Waals surface area contributed by atoms with Gasteiger partial charge in [0.1, 0.15) is 18.1 Å². The van der Waals surface area contributed by atoms with Gasteiger partial charge in [0.15, 0.2) is 5.96 Å². The van der Waals surface area contributed by atoms with Crippen molar-refractivity contribution in [3.63, 3.8) is 0 Å². The number of carboxylic acid groups (broad SMARTS) is 2. The Labute approximate surface area is 241 Å². The molecule has 15 N–H and O–H groups in total. The molecule has 0 aromatic carbocycles. The van der Waals surface area contributed by atoms with Crippen LogP contribution < -0.4 is 44.6 Å². The van der Waals surface area contributed by atoms with Gasteiger partial charge in [0, 0.05) is 13.5 Å². The number of amides is 3. The summed E-state index contributed by atoms with van der Waals surface area (Å²) >= 11 is 0. The third-order valence-corrected chi connectivity index (χ3v) is 5.74. The second-order valence-corrected chi connectivity index (χ2v) is 9.83. The van der Waals surface area contributed by atoms with Gasteiger partial charge in [0.25, 0.3) is 5.97 Å². The van der Waals surface area contributed by atoms with E-state index in [2.05, 4.69) is 20.9 Å². The van der Waals surface area contributed by atoms with E-state index in [1.54, 1.807) is 13.8 Å². The van der Waals surface area contributed by atoms with Gasteiger partial charge in [-0.3, -0.25) is 24.2 Å². The zero-order valence-electron chi connectivity index (χ0n) is 24.4. The van der Waals surface area contributed by atoms with Crippen LogP contribution in [0, 0.1) is 5.92 Å². The van der Waals surface area contributed by atoms with Gasteiger partial charge in [-0.05, 0) is 70.4 Å². The van der Waals surface area contributed by atoms with Crippen LogP contribution in [0.15, 0.2) is 4.99 Å². The Kier molecular flexibility index (Phi) is 22.5. The van der Waals surface area contributed by atoms with Gasteiger partial charge in [0.05, 0.1) is 6.04 Å². The lowest BCUT2D eigenvalue weighted by molar-refractivity contribution is -0.142. The number of carbonyl (C=O) groups excluding carboxylic acids is 3. The molecule has 16 nitrogen and oxygen atoms in total. The van der Waals surface area contributed by atoms with Crippen molar-refractivity contribution in [1.29, 1.82) is 0 Å². The molecule has 16 heteroatoms. The Balaban J connectivity index is 0. The molecule has 0 saturated carbocycles. The number of nitrogens with two attached hydrogens (primary N) is 5. The van der Waals surface area contributed by atoms with E-state index in [0.717, 1.165) is 6.92 Å². The first kappa shape index (κ1) is 39.6. The number of carbonyl (C=O) groups is 5. The number of nitrogens with one attached hydrogen (secondary N) is 3. The molecule has 0 aliphatic carbocycles. The lowest BCUT2D eigenvalue weighted by atomic mass is 10.0. The molecule has 0 aromatic rings. The van der Waals surface area contributed by atoms with Crippen LogP contribution in [-0.4, -0.2) is 89.6 Å². The fraction of sp³-hybridized carbons (Fsp3) is 0.760. The van der Waals surface area contributed by atoms with Crippen molar-refractivity contribution in [2.24, 2.45) is 39.6 Å². The van der Waals surface area contributed by atoms with Crippen molar-refractivity contribution in [2.75, 3.05) is 19.6 Å². The first-order valence-corrected chi connectivity index (χ1v) is 13.7. The van der Waals surface area contributed by atoms with Crippen LogP contribution in [0.2, 0.25) is 0 Å². The van der Waals surface area contributed by atoms with Crippen molar-refractivity contribution in [3.05, 3.63) is 0 Å². The van der Waals surface area contributed by atoms with Crippen molar-refractivity contribution in [2.45, 2.75) is 96.3 Å². The number of aliphatic carboxylic acids is 2. The standard InChI is InChI=1S/C23H47N9O5.C2H4O2/c1-14(2)18(26)21(35)31-16(9-4-6-12-25)19(33)30-15(8-3-5-11-24)20(34)32-17(22(36)37)10-7-13-29-23(27)28;1-2(3)4/h14-18H,3-13,24-26H2,1-2H3,(H,30,33)(H,31,35)(H,32,34)(H,36,37)(H4,27,28,29);1H3,(H,3,4)/t15-,16-,17-,18-;/m0./s1. The van der Waals surface area contributed by atoms with Crippen LogP contribution in [0.25, 0.3) is 0 Å². The molecule has 3 amide bonds. The maximum atomic E-state index is 13.1. The van der Waals surface area contributed by atoms with Crippen molar-refractivity contribution in [3.8, 4) is 0 Å². The first-order valence-electron chi connectivity index (χ1n) is 13.7. The fourth-order valence-electron chi connectivity index (χ4n) is 3.40. The van der Waals surface area contributed by atoms with Crippen molar-refractivity contribution in [1.82, 2.24) is 16.0 Å². The molecule has 0 aliphatic rings. The van der Waals surface area contributed by atoms with E-state index in [1.807, 2.05) is 0 Å². The molecule has 0 bridgehead atoms. The normalized spacial score (nSPS) is 13.4. The average molecular weight is 590 g/mol. The Hall–Kier alpha value is -3.50. The molecule has 0 aliphatic heterocycles. The van der Waals surface area contributed by atoms with Gasteiger partial charge < -0.3 is 54.8 Å². The highest BCUT2D eigenvalue weighted by Crippen LogP contribution is 2.08. The van der Waals surface area contributed by atoms with Crippen LogP contribution >= 0.6 is 0 Å². The second-order valence-electron chi connectivity index (χ2n) is 9.83. The summed E-state index contributed by atoms with van der Waals surface area (Å²) in [6.07, 6.45) is 3.32. The summed E-state index contributed by atoms with van der Waals surface area (Å²) in [5.74, 6) is -3.98. The zero-order chi connectivity index (χ0) is 32.0. The molecular weight excluding hydrogens is 538 g/mol. The minimum absolute atomic E-state index is 0.0895.